The van der Waals surface area contributed by atoms with Crippen molar-refractivity contribution in [1.82, 2.24) is 4.90 Å². The van der Waals surface area contributed by atoms with Gasteiger partial charge in [-0.05, 0) is 26.0 Å². The second-order valence-corrected chi connectivity index (χ2v) is 4.81. The molecular formula is C11H15NO3S. The van der Waals surface area contributed by atoms with Gasteiger partial charge in [-0.15, -0.1) is 11.3 Å². The summed E-state index contributed by atoms with van der Waals surface area (Å²) in [7, 11) is 0. The lowest BCUT2D eigenvalue weighted by molar-refractivity contribution is -0.149. The van der Waals surface area contributed by atoms with Gasteiger partial charge in [0.25, 0.3) is 0 Å². The molecule has 0 aliphatic carbocycles. The summed E-state index contributed by atoms with van der Waals surface area (Å²) in [6.07, 6.45) is 0. The Morgan fingerprint density at radius 1 is 1.50 bits per heavy atom. The number of rotatable bonds is 4. The molecular weight excluding hydrogens is 226 g/mol. The van der Waals surface area contributed by atoms with Crippen LogP contribution < -0.4 is 0 Å². The maximum Gasteiger partial charge on any atom is 0.331 e. The fourth-order valence-corrected chi connectivity index (χ4v) is 2.58. The maximum atomic E-state index is 11.4. The highest BCUT2D eigenvalue weighted by Gasteiger charge is 2.29. The lowest BCUT2D eigenvalue weighted by Crippen LogP contribution is -2.36. The quantitative estimate of drug-likeness (QED) is 0.877. The first kappa shape index (κ1) is 12.7. The van der Waals surface area contributed by atoms with Gasteiger partial charge in [0.1, 0.15) is 0 Å². The maximum absolute atomic E-state index is 11.4. The van der Waals surface area contributed by atoms with E-state index in [2.05, 4.69) is 0 Å². The molecule has 0 spiro atoms. The highest BCUT2D eigenvalue weighted by Crippen LogP contribution is 2.27. The molecule has 0 bridgehead atoms. The number of hydrogen-bond acceptors (Lipinski definition) is 3. The van der Waals surface area contributed by atoms with Crippen molar-refractivity contribution in [3.63, 3.8) is 0 Å². The summed E-state index contributed by atoms with van der Waals surface area (Å²) in [4.78, 5) is 25.7. The Hall–Kier alpha value is -1.36. The zero-order valence-corrected chi connectivity index (χ0v) is 10.4. The molecule has 5 heteroatoms. The minimum atomic E-state index is -0.987. The van der Waals surface area contributed by atoms with E-state index in [0.717, 1.165) is 4.88 Å². The van der Waals surface area contributed by atoms with Crippen LogP contribution in [0.25, 0.3) is 0 Å². The van der Waals surface area contributed by atoms with Crippen molar-refractivity contribution in [2.24, 2.45) is 0 Å². The molecule has 4 nitrogen and oxygen atoms in total. The van der Waals surface area contributed by atoms with Crippen molar-refractivity contribution in [3.05, 3.63) is 21.9 Å². The summed E-state index contributed by atoms with van der Waals surface area (Å²) in [5, 5.41) is 9.20. The molecule has 88 valence electrons. The van der Waals surface area contributed by atoms with E-state index in [0.29, 0.717) is 11.4 Å². The van der Waals surface area contributed by atoms with Gasteiger partial charge >= 0.3 is 5.97 Å². The van der Waals surface area contributed by atoms with Gasteiger partial charge in [0, 0.05) is 23.2 Å². The van der Waals surface area contributed by atoms with Crippen molar-refractivity contribution in [2.45, 2.75) is 26.8 Å². The highest BCUT2D eigenvalue weighted by atomic mass is 32.1. The molecule has 1 aromatic rings. The van der Waals surface area contributed by atoms with Crippen LogP contribution in [0.4, 0.5) is 0 Å². The van der Waals surface area contributed by atoms with E-state index in [1.807, 2.05) is 13.0 Å². The predicted molar refractivity (Wildman–Crippen MR) is 62.5 cm³/mol. The van der Waals surface area contributed by atoms with E-state index in [-0.39, 0.29) is 5.91 Å². The van der Waals surface area contributed by atoms with Gasteiger partial charge < -0.3 is 10.0 Å². The molecule has 0 aliphatic rings. The van der Waals surface area contributed by atoms with Crippen LogP contribution in [0.1, 0.15) is 29.6 Å². The van der Waals surface area contributed by atoms with Gasteiger partial charge in [-0.3, -0.25) is 4.79 Å². The van der Waals surface area contributed by atoms with E-state index in [1.165, 1.54) is 23.2 Å². The third-order valence-corrected chi connectivity index (χ3v) is 3.37. The van der Waals surface area contributed by atoms with Crippen LogP contribution in [-0.2, 0) is 9.59 Å². The zero-order chi connectivity index (χ0) is 12.3. The monoisotopic (exact) mass is 241 g/mol. The fourth-order valence-electron chi connectivity index (χ4n) is 1.60. The van der Waals surface area contributed by atoms with Crippen molar-refractivity contribution in [3.8, 4) is 0 Å². The molecule has 0 saturated carbocycles. The minimum Gasteiger partial charge on any atom is -0.479 e. The number of thiophene rings is 1. The molecule has 1 amide bonds. The molecule has 0 aromatic carbocycles. The number of carbonyl (C=O) groups is 2. The van der Waals surface area contributed by atoms with Crippen LogP contribution in [0, 0.1) is 6.92 Å². The van der Waals surface area contributed by atoms with Crippen LogP contribution in [0.3, 0.4) is 0 Å². The minimum absolute atomic E-state index is 0.221. The number of carbonyl (C=O) groups excluding carboxylic acids is 1. The SMILES string of the molecule is CCN(C(C)=O)C(C(=O)O)c1ccc(C)s1. The Bertz CT molecular complexity index is 400. The molecule has 0 radical (unpaired) electrons. The number of carboxylic acids is 1. The summed E-state index contributed by atoms with van der Waals surface area (Å²) >= 11 is 1.41. The van der Waals surface area contributed by atoms with Gasteiger partial charge in [-0.25, -0.2) is 4.79 Å². The molecule has 1 N–H and O–H groups in total. The molecule has 1 aromatic heterocycles. The molecule has 0 fully saturated rings. The van der Waals surface area contributed by atoms with Crippen LogP contribution in [0.2, 0.25) is 0 Å². The van der Waals surface area contributed by atoms with Gasteiger partial charge in [-0.1, -0.05) is 0 Å². The lowest BCUT2D eigenvalue weighted by Gasteiger charge is -2.25. The average Bonchev–Trinajstić information content (AvgIpc) is 2.59. The molecule has 1 atom stereocenters. The summed E-state index contributed by atoms with van der Waals surface area (Å²) in [6.45, 7) is 5.47. The number of nitrogens with zero attached hydrogens (tertiary/aromatic N) is 1. The van der Waals surface area contributed by atoms with E-state index < -0.39 is 12.0 Å². The van der Waals surface area contributed by atoms with E-state index in [4.69, 9.17) is 0 Å². The van der Waals surface area contributed by atoms with Gasteiger partial charge in [0.2, 0.25) is 5.91 Å². The number of likely N-dealkylation sites (N-methyl/N-ethyl adjacent to an activating group) is 1. The first-order chi connectivity index (χ1) is 7.47. The van der Waals surface area contributed by atoms with Crippen molar-refractivity contribution in [1.29, 1.82) is 0 Å². The predicted octanol–water partition coefficient (Wildman–Crippen LogP) is 2.05. The van der Waals surface area contributed by atoms with Crippen LogP contribution in [0.15, 0.2) is 12.1 Å². The molecule has 1 unspecified atom stereocenters. The first-order valence-electron chi connectivity index (χ1n) is 5.03. The van der Waals surface area contributed by atoms with Crippen LogP contribution in [-0.4, -0.2) is 28.4 Å². The van der Waals surface area contributed by atoms with Gasteiger partial charge in [-0.2, -0.15) is 0 Å². The summed E-state index contributed by atoms with van der Waals surface area (Å²) in [6, 6.07) is 2.77. The Morgan fingerprint density at radius 2 is 2.12 bits per heavy atom. The van der Waals surface area contributed by atoms with E-state index >= 15 is 0 Å². The second kappa shape index (κ2) is 5.12. The zero-order valence-electron chi connectivity index (χ0n) is 9.56. The second-order valence-electron chi connectivity index (χ2n) is 3.49. The lowest BCUT2D eigenvalue weighted by atomic mass is 10.2. The summed E-state index contributed by atoms with van der Waals surface area (Å²) in [5.74, 6) is -1.21. The van der Waals surface area contributed by atoms with Crippen molar-refractivity contribution in [2.75, 3.05) is 6.54 Å². The van der Waals surface area contributed by atoms with Crippen LogP contribution >= 0.6 is 11.3 Å². The third kappa shape index (κ3) is 2.61. The van der Waals surface area contributed by atoms with Crippen LogP contribution in [0.5, 0.6) is 0 Å². The molecule has 0 saturated heterocycles. The highest BCUT2D eigenvalue weighted by molar-refractivity contribution is 7.12. The largest absolute Gasteiger partial charge is 0.479 e. The number of hydrogen-bond donors (Lipinski definition) is 1. The molecule has 1 rings (SSSR count). The van der Waals surface area contributed by atoms with Gasteiger partial charge in [0.15, 0.2) is 6.04 Å². The molecule has 0 aliphatic heterocycles. The summed E-state index contributed by atoms with van der Waals surface area (Å²) < 4.78 is 0. The number of amides is 1. The Kier molecular flexibility index (Phi) is 4.06. The Morgan fingerprint density at radius 3 is 2.44 bits per heavy atom. The Balaban J connectivity index is 3.08. The van der Waals surface area contributed by atoms with Gasteiger partial charge in [0.05, 0.1) is 0 Å². The fraction of sp³-hybridized carbons (Fsp3) is 0.455. The number of aliphatic carboxylic acids is 1. The standard InChI is InChI=1S/C11H15NO3S/c1-4-12(8(3)13)10(11(14)15)9-6-5-7(2)16-9/h5-6,10H,4H2,1-3H3,(H,14,15). The van der Waals surface area contributed by atoms with Crippen molar-refractivity contribution < 1.29 is 14.7 Å². The average molecular weight is 241 g/mol. The van der Waals surface area contributed by atoms with Crippen molar-refractivity contribution >= 4 is 23.2 Å². The molecule has 16 heavy (non-hydrogen) atoms. The first-order valence-corrected chi connectivity index (χ1v) is 5.85. The normalized spacial score (nSPS) is 12.2. The topological polar surface area (TPSA) is 57.6 Å². The Labute approximate surface area is 98.5 Å². The summed E-state index contributed by atoms with van der Waals surface area (Å²) in [5.41, 5.74) is 0. The smallest absolute Gasteiger partial charge is 0.331 e. The third-order valence-electron chi connectivity index (χ3n) is 2.32. The van der Waals surface area contributed by atoms with E-state index in [1.54, 1.807) is 13.0 Å². The number of carboxylic acid groups (broad SMARTS) is 1. The molecule has 1 heterocycles. The number of aryl methyl sites for hydroxylation is 1. The van der Waals surface area contributed by atoms with E-state index in [9.17, 15) is 14.7 Å².